The molecule has 0 spiro atoms. The molecule has 0 aliphatic carbocycles. The van der Waals surface area contributed by atoms with Crippen molar-refractivity contribution in [2.24, 2.45) is 0 Å². The van der Waals surface area contributed by atoms with Crippen molar-refractivity contribution in [1.82, 2.24) is 20.3 Å². The van der Waals surface area contributed by atoms with Gasteiger partial charge in [0.2, 0.25) is 0 Å². The van der Waals surface area contributed by atoms with Gasteiger partial charge in [0, 0.05) is 44.3 Å². The van der Waals surface area contributed by atoms with E-state index in [1.807, 2.05) is 111 Å². The van der Waals surface area contributed by atoms with Crippen molar-refractivity contribution < 1.29 is 48.6 Å². The second kappa shape index (κ2) is 20.4. The Bertz CT molecular complexity index is 1220. The maximum atomic E-state index is 14.6. The zero-order valence-corrected chi connectivity index (χ0v) is 40.1. The van der Waals surface area contributed by atoms with E-state index in [2.05, 4.69) is 33.7 Å². The SMILES string of the molecule is C.C.C.CC1(C)CC(O)CC(C)(C)N1O.CC1(C)CC(OP(=O)(OC2CC(C)(C)N(O)C(C)(C)C2)OC2CC(C)(C)N(O)C(C)(C)C2)CC(C)(C)N1O.O=P(Cl)(Cl)Cl. The summed E-state index contributed by atoms with van der Waals surface area (Å²) in [6, 6.07) is 0. The third-order valence-electron chi connectivity index (χ3n) is 11.3. The van der Waals surface area contributed by atoms with Gasteiger partial charge in [-0.15, -0.1) is 0 Å². The summed E-state index contributed by atoms with van der Waals surface area (Å²) in [6.45, 7) is 30.9. The molecule has 0 radical (unpaired) electrons. The molecule has 14 nitrogen and oxygen atoms in total. The molecular formula is C39H85Cl3N4O10P2. The van der Waals surface area contributed by atoms with Crippen LogP contribution in [0.15, 0.2) is 0 Å². The Morgan fingerprint density at radius 2 is 0.552 bits per heavy atom. The van der Waals surface area contributed by atoms with Crippen molar-refractivity contribution in [1.29, 1.82) is 0 Å². The monoisotopic (exact) mass is 936 g/mol. The molecule has 0 unspecified atom stereocenters. The predicted molar refractivity (Wildman–Crippen MR) is 238 cm³/mol. The molecule has 0 amide bonds. The number of phosphoric acid groups is 1. The molecule has 352 valence electrons. The van der Waals surface area contributed by atoms with Gasteiger partial charge in [-0.05, 0) is 196 Å². The van der Waals surface area contributed by atoms with Gasteiger partial charge in [0.15, 0.2) is 0 Å². The van der Waals surface area contributed by atoms with Gasteiger partial charge >= 0.3 is 13.0 Å². The number of aliphatic hydroxyl groups excluding tert-OH is 1. The number of piperidine rings is 4. The number of hydrogen-bond donors (Lipinski definition) is 5. The van der Waals surface area contributed by atoms with E-state index in [9.17, 15) is 35.1 Å². The summed E-state index contributed by atoms with van der Waals surface area (Å²) in [5, 5.41) is 53.9. The Morgan fingerprint density at radius 3 is 0.707 bits per heavy atom. The van der Waals surface area contributed by atoms with Crippen LogP contribution in [0.2, 0.25) is 0 Å². The van der Waals surface area contributed by atoms with Gasteiger partial charge < -0.3 is 25.9 Å². The Balaban J connectivity index is 0. The maximum Gasteiger partial charge on any atom is 0.475 e. The number of hydrogen-bond acceptors (Lipinski definition) is 14. The molecule has 4 fully saturated rings. The first kappa shape index (κ1) is 60.9. The molecule has 0 aromatic heterocycles. The standard InChI is InChI=1S/C27H54N3O7P.C9H19NO2.3CH4.Cl3OP/c1-22(2)13-19(14-23(3,4)28(22)31)35-38(34,36-20-15-24(5,6)29(32)25(7,8)16-20)37-21-17-26(9,10)30(33)27(11,12)18-21;1-8(2)5-7(11)6-9(3,4)10(8)12;;;;1-5(2,3)4/h19-21,31-33H,13-18H2,1-12H3;7,11-12H,5-6H2,1-4H3;3*1H4;. The molecule has 0 atom stereocenters. The molecule has 4 saturated heterocycles. The van der Waals surface area contributed by atoms with Crippen LogP contribution in [0, 0.1) is 0 Å². The number of nitrogens with zero attached hydrogens (tertiary/aromatic N) is 4. The van der Waals surface area contributed by atoms with E-state index in [0.717, 1.165) is 0 Å². The zero-order chi connectivity index (χ0) is 43.4. The van der Waals surface area contributed by atoms with Crippen LogP contribution in [-0.2, 0) is 22.7 Å². The van der Waals surface area contributed by atoms with E-state index >= 15 is 0 Å². The normalized spacial score (nSPS) is 27.6. The third-order valence-corrected chi connectivity index (χ3v) is 12.9. The lowest BCUT2D eigenvalue weighted by atomic mass is 9.80. The molecule has 0 aromatic rings. The summed E-state index contributed by atoms with van der Waals surface area (Å²) in [7, 11) is -4.12. The lowest BCUT2D eigenvalue weighted by Crippen LogP contribution is -2.61. The predicted octanol–water partition coefficient (Wildman–Crippen LogP) is 12.5. The summed E-state index contributed by atoms with van der Waals surface area (Å²) in [5.41, 5.74) is -4.25. The fraction of sp³-hybridized carbons (Fsp3) is 1.00. The van der Waals surface area contributed by atoms with Crippen LogP contribution in [0.4, 0.5) is 0 Å². The molecule has 0 saturated carbocycles. The van der Waals surface area contributed by atoms with Gasteiger partial charge in [-0.1, -0.05) is 22.3 Å². The van der Waals surface area contributed by atoms with Crippen LogP contribution >= 0.6 is 46.7 Å². The van der Waals surface area contributed by atoms with E-state index in [0.29, 0.717) is 51.4 Å². The van der Waals surface area contributed by atoms with Crippen LogP contribution in [-0.4, -0.2) is 115 Å². The third kappa shape index (κ3) is 16.4. The summed E-state index contributed by atoms with van der Waals surface area (Å²) in [6.07, 6.45) is 2.25. The lowest BCUT2D eigenvalue weighted by Gasteiger charge is -2.53. The summed E-state index contributed by atoms with van der Waals surface area (Å²) in [4.78, 5) is 0. The highest BCUT2D eigenvalue weighted by molar-refractivity contribution is 8.24. The molecule has 4 rings (SSSR count). The van der Waals surface area contributed by atoms with E-state index in [-0.39, 0.29) is 39.5 Å². The smallest absolute Gasteiger partial charge is 0.393 e. The Labute approximate surface area is 367 Å². The number of halogens is 3. The molecule has 19 heteroatoms. The van der Waals surface area contributed by atoms with Crippen molar-refractivity contribution in [2.45, 2.75) is 253 Å². The highest BCUT2D eigenvalue weighted by atomic mass is 36.0. The molecule has 4 heterocycles. The highest BCUT2D eigenvalue weighted by Crippen LogP contribution is 2.61. The minimum Gasteiger partial charge on any atom is -0.393 e. The number of phosphoric ester groups is 1. The van der Waals surface area contributed by atoms with E-state index in [1.165, 1.54) is 20.3 Å². The second-order valence-electron chi connectivity index (χ2n) is 21.1. The number of aliphatic hydroxyl groups is 1. The topological polar surface area (TPSA) is 176 Å². The molecule has 58 heavy (non-hydrogen) atoms. The minimum absolute atomic E-state index is 0. The number of rotatable bonds is 6. The maximum absolute atomic E-state index is 14.6. The molecule has 0 bridgehead atoms. The highest BCUT2D eigenvalue weighted by Gasteiger charge is 2.53. The van der Waals surface area contributed by atoms with Crippen molar-refractivity contribution in [2.75, 3.05) is 0 Å². The van der Waals surface area contributed by atoms with Gasteiger partial charge in [0.1, 0.15) is 0 Å². The van der Waals surface area contributed by atoms with Crippen LogP contribution in [0.3, 0.4) is 0 Å². The summed E-state index contributed by atoms with van der Waals surface area (Å²) in [5.74, 6) is 0. The first-order chi connectivity index (χ1) is 24.1. The van der Waals surface area contributed by atoms with Crippen LogP contribution in [0.5, 0.6) is 0 Å². The van der Waals surface area contributed by atoms with Gasteiger partial charge in [-0.25, -0.2) is 4.57 Å². The van der Waals surface area contributed by atoms with Crippen LogP contribution in [0.25, 0.3) is 0 Å². The Morgan fingerprint density at radius 1 is 0.414 bits per heavy atom. The number of hydroxylamine groups is 8. The largest absolute Gasteiger partial charge is 0.475 e. The van der Waals surface area contributed by atoms with Crippen LogP contribution < -0.4 is 0 Å². The van der Waals surface area contributed by atoms with Gasteiger partial charge in [0.25, 0.3) is 0 Å². The quantitative estimate of drug-likeness (QED) is 0.159. The summed E-state index contributed by atoms with van der Waals surface area (Å²) >= 11 is 13.8. The van der Waals surface area contributed by atoms with Gasteiger partial charge in [0.05, 0.1) is 24.4 Å². The zero-order valence-electron chi connectivity index (χ0n) is 36.1. The van der Waals surface area contributed by atoms with Crippen molar-refractivity contribution in [3.63, 3.8) is 0 Å². The second-order valence-corrected chi connectivity index (χ2v) is 29.2. The van der Waals surface area contributed by atoms with E-state index in [4.69, 9.17) is 13.6 Å². The van der Waals surface area contributed by atoms with Crippen molar-refractivity contribution in [3.8, 4) is 0 Å². The van der Waals surface area contributed by atoms with E-state index in [1.54, 1.807) is 0 Å². The van der Waals surface area contributed by atoms with Crippen molar-refractivity contribution in [3.05, 3.63) is 0 Å². The van der Waals surface area contributed by atoms with E-state index < -0.39 is 64.6 Å². The van der Waals surface area contributed by atoms with Crippen molar-refractivity contribution >= 4 is 46.7 Å². The Kier molecular flexibility index (Phi) is 21.4. The molecule has 0 aromatic carbocycles. The molecule has 5 N–H and O–H groups in total. The van der Waals surface area contributed by atoms with Gasteiger partial charge in [-0.3, -0.25) is 18.1 Å². The minimum atomic E-state index is -4.12. The Hall–Kier alpha value is 0.850. The molecule has 4 aliphatic heterocycles. The fourth-order valence-electron chi connectivity index (χ4n) is 9.60. The lowest BCUT2D eigenvalue weighted by molar-refractivity contribution is -0.264. The summed E-state index contributed by atoms with van der Waals surface area (Å²) < 4.78 is 43.2. The first-order valence-corrected chi connectivity index (χ1v) is 25.0. The first-order valence-electron chi connectivity index (χ1n) is 19.1. The fourth-order valence-corrected chi connectivity index (χ4v) is 11.3. The average Bonchev–Trinajstić information content (AvgIpc) is 2.89. The van der Waals surface area contributed by atoms with Gasteiger partial charge in [-0.2, -0.15) is 20.3 Å². The average molecular weight is 938 g/mol. The molecular weight excluding hydrogens is 853 g/mol. The molecule has 4 aliphatic rings. The van der Waals surface area contributed by atoms with Crippen LogP contribution in [0.1, 0.15) is 184 Å².